The van der Waals surface area contributed by atoms with Crippen LogP contribution in [0.2, 0.25) is 0 Å². The lowest BCUT2D eigenvalue weighted by atomic mass is 9.99. The van der Waals surface area contributed by atoms with Gasteiger partial charge in [-0.05, 0) is 43.5 Å². The molecule has 144 valence electrons. The Balaban J connectivity index is 1.53. The summed E-state index contributed by atoms with van der Waals surface area (Å²) in [5, 5.41) is 0.689. The number of aromatic nitrogens is 3. The Bertz CT molecular complexity index is 1160. The van der Waals surface area contributed by atoms with Gasteiger partial charge >= 0.3 is 0 Å². The van der Waals surface area contributed by atoms with Gasteiger partial charge in [-0.2, -0.15) is 0 Å². The van der Waals surface area contributed by atoms with Gasteiger partial charge in [0.1, 0.15) is 5.65 Å². The van der Waals surface area contributed by atoms with E-state index < -0.39 is 11.7 Å². The second-order valence-electron chi connectivity index (χ2n) is 6.95. The monoisotopic (exact) mass is 385 g/mol. The molecule has 4 heterocycles. The van der Waals surface area contributed by atoms with Crippen LogP contribution in [0.1, 0.15) is 34.5 Å². The van der Waals surface area contributed by atoms with Crippen molar-refractivity contribution in [3.8, 4) is 0 Å². The predicted molar refractivity (Wildman–Crippen MR) is 109 cm³/mol. The number of amides is 1. The number of piperidine rings is 1. The number of fused-ring (bicyclic) bond motifs is 1. The molecule has 1 aliphatic rings. The Morgan fingerprint density at radius 1 is 1.14 bits per heavy atom. The number of pyridine rings is 2. The van der Waals surface area contributed by atoms with Crippen molar-refractivity contribution in [2.75, 3.05) is 13.1 Å². The molecule has 0 aliphatic carbocycles. The molecular formula is C22H19N5O2. The van der Waals surface area contributed by atoms with Gasteiger partial charge < -0.3 is 9.88 Å². The third-order valence-corrected chi connectivity index (χ3v) is 5.23. The van der Waals surface area contributed by atoms with Gasteiger partial charge in [0, 0.05) is 37.1 Å². The van der Waals surface area contributed by atoms with Crippen molar-refractivity contribution in [2.24, 2.45) is 0 Å². The van der Waals surface area contributed by atoms with Crippen molar-refractivity contribution in [1.82, 2.24) is 19.9 Å². The maximum Gasteiger partial charge on any atom is 0.295 e. The molecule has 29 heavy (non-hydrogen) atoms. The van der Waals surface area contributed by atoms with E-state index in [0.29, 0.717) is 53.9 Å². The van der Waals surface area contributed by atoms with Crippen LogP contribution in [0.4, 0.5) is 0 Å². The lowest BCUT2D eigenvalue weighted by Crippen LogP contribution is -2.40. The van der Waals surface area contributed by atoms with Crippen molar-refractivity contribution in [3.63, 3.8) is 0 Å². The van der Waals surface area contributed by atoms with Crippen LogP contribution in [0.5, 0.6) is 0 Å². The molecule has 0 bridgehead atoms. The summed E-state index contributed by atoms with van der Waals surface area (Å²) in [6.07, 6.45) is 6.00. The van der Waals surface area contributed by atoms with Gasteiger partial charge in [-0.1, -0.05) is 11.6 Å². The third kappa shape index (κ3) is 3.41. The van der Waals surface area contributed by atoms with Gasteiger partial charge in [0.25, 0.3) is 11.7 Å². The number of aryl methyl sites for hydroxylation is 1. The molecule has 1 amide bonds. The summed E-state index contributed by atoms with van der Waals surface area (Å²) in [7, 11) is 0. The number of carbonyl (C=O) groups excluding carboxylic acids is 2. The van der Waals surface area contributed by atoms with Crippen LogP contribution in [0.15, 0.2) is 48.4 Å². The van der Waals surface area contributed by atoms with Gasteiger partial charge in [0.15, 0.2) is 0 Å². The SMILES string of the molecule is [C-]#[N+]C(=C1CCN(C(=O)C(=O)c2c[nH]c3nccc(C)c23)CC1)c1ccccn1. The molecule has 3 aromatic heterocycles. The number of nitrogens with zero attached hydrogens (tertiary/aromatic N) is 4. The zero-order valence-electron chi connectivity index (χ0n) is 16.0. The number of Topliss-reactive ketones (excluding diaryl/α,β-unsaturated/α-hetero) is 1. The molecule has 0 saturated carbocycles. The van der Waals surface area contributed by atoms with E-state index in [1.165, 1.54) is 0 Å². The van der Waals surface area contributed by atoms with E-state index in [0.717, 1.165) is 11.1 Å². The average Bonchev–Trinajstić information content (AvgIpc) is 3.20. The highest BCUT2D eigenvalue weighted by Gasteiger charge is 2.29. The van der Waals surface area contributed by atoms with Crippen molar-refractivity contribution in [1.29, 1.82) is 0 Å². The Kier molecular flexibility index (Phi) is 4.92. The second kappa shape index (κ2) is 7.68. The molecule has 0 aromatic carbocycles. The summed E-state index contributed by atoms with van der Waals surface area (Å²) in [6, 6.07) is 7.29. The fourth-order valence-electron chi connectivity index (χ4n) is 3.70. The van der Waals surface area contributed by atoms with Gasteiger partial charge in [-0.3, -0.25) is 14.6 Å². The first-order chi connectivity index (χ1) is 14.1. The first kappa shape index (κ1) is 18.6. The lowest BCUT2D eigenvalue weighted by molar-refractivity contribution is -0.126. The average molecular weight is 385 g/mol. The molecule has 0 unspecified atom stereocenters. The standard InChI is InChI=1S/C22H19N5O2/c1-14-6-10-25-21-18(14)16(13-26-21)20(28)22(29)27-11-7-15(8-12-27)19(23-2)17-5-3-4-9-24-17/h3-6,9-10,13H,7-8,11-12H2,1H3,(H,25,26). The summed E-state index contributed by atoms with van der Waals surface area (Å²) in [5.41, 5.74) is 4.02. The van der Waals surface area contributed by atoms with E-state index in [1.54, 1.807) is 23.5 Å². The Morgan fingerprint density at radius 3 is 2.62 bits per heavy atom. The van der Waals surface area contributed by atoms with Crippen LogP contribution < -0.4 is 0 Å². The van der Waals surface area contributed by atoms with E-state index in [9.17, 15) is 9.59 Å². The minimum Gasteiger partial charge on any atom is -0.345 e. The highest BCUT2D eigenvalue weighted by Crippen LogP contribution is 2.28. The highest BCUT2D eigenvalue weighted by molar-refractivity contribution is 6.44. The van der Waals surface area contributed by atoms with Gasteiger partial charge in [-0.15, -0.1) is 0 Å². The van der Waals surface area contributed by atoms with E-state index in [2.05, 4.69) is 19.8 Å². The highest BCUT2D eigenvalue weighted by atomic mass is 16.2. The number of hydrogen-bond acceptors (Lipinski definition) is 4. The summed E-state index contributed by atoms with van der Waals surface area (Å²) < 4.78 is 0. The lowest BCUT2D eigenvalue weighted by Gasteiger charge is -2.28. The zero-order valence-corrected chi connectivity index (χ0v) is 16.0. The summed E-state index contributed by atoms with van der Waals surface area (Å²) in [5.74, 6) is -1.05. The number of likely N-dealkylation sites (tertiary alicyclic amines) is 1. The van der Waals surface area contributed by atoms with Crippen molar-refractivity contribution in [2.45, 2.75) is 19.8 Å². The molecule has 1 saturated heterocycles. The summed E-state index contributed by atoms with van der Waals surface area (Å²) >= 11 is 0. The molecule has 1 fully saturated rings. The third-order valence-electron chi connectivity index (χ3n) is 5.23. The van der Waals surface area contributed by atoms with Crippen LogP contribution in [0.25, 0.3) is 21.6 Å². The Morgan fingerprint density at radius 2 is 1.93 bits per heavy atom. The van der Waals surface area contributed by atoms with Crippen molar-refractivity contribution < 1.29 is 9.59 Å². The number of nitrogens with one attached hydrogen (secondary N) is 1. The molecule has 0 spiro atoms. The topological polar surface area (TPSA) is 83.3 Å². The van der Waals surface area contributed by atoms with Crippen LogP contribution >= 0.6 is 0 Å². The van der Waals surface area contributed by atoms with Crippen molar-refractivity contribution in [3.05, 3.63) is 76.7 Å². The minimum atomic E-state index is -0.532. The first-order valence-corrected chi connectivity index (χ1v) is 9.37. The largest absolute Gasteiger partial charge is 0.345 e. The summed E-state index contributed by atoms with van der Waals surface area (Å²) in [4.78, 5) is 42.3. The van der Waals surface area contributed by atoms with E-state index in [1.807, 2.05) is 31.2 Å². The zero-order chi connectivity index (χ0) is 20.4. The molecule has 0 radical (unpaired) electrons. The van der Waals surface area contributed by atoms with E-state index in [-0.39, 0.29) is 0 Å². The van der Waals surface area contributed by atoms with Gasteiger partial charge in [0.2, 0.25) is 5.70 Å². The van der Waals surface area contributed by atoms with Crippen LogP contribution in [0, 0.1) is 13.5 Å². The smallest absolute Gasteiger partial charge is 0.295 e. The minimum absolute atomic E-state index is 0.354. The van der Waals surface area contributed by atoms with Gasteiger partial charge in [-0.25, -0.2) is 9.83 Å². The molecular weight excluding hydrogens is 366 g/mol. The van der Waals surface area contributed by atoms with Gasteiger partial charge in [0.05, 0.1) is 17.8 Å². The number of rotatable bonds is 3. The Labute approximate surface area is 167 Å². The molecule has 1 N–H and O–H groups in total. The maximum atomic E-state index is 12.9. The number of ketones is 1. The van der Waals surface area contributed by atoms with Crippen LogP contribution in [-0.4, -0.2) is 44.6 Å². The normalized spacial score (nSPS) is 13.9. The molecule has 0 atom stereocenters. The van der Waals surface area contributed by atoms with E-state index in [4.69, 9.17) is 6.57 Å². The number of carbonyl (C=O) groups is 2. The summed E-state index contributed by atoms with van der Waals surface area (Å²) in [6.45, 7) is 10.2. The molecule has 1 aliphatic heterocycles. The molecule has 3 aromatic rings. The fraction of sp³-hybridized carbons (Fsp3) is 0.227. The van der Waals surface area contributed by atoms with Crippen LogP contribution in [-0.2, 0) is 4.79 Å². The fourth-order valence-corrected chi connectivity index (χ4v) is 3.70. The molecule has 7 heteroatoms. The number of H-pyrrole nitrogens is 1. The molecule has 7 nitrogen and oxygen atoms in total. The van der Waals surface area contributed by atoms with Crippen LogP contribution in [0.3, 0.4) is 0 Å². The predicted octanol–water partition coefficient (Wildman–Crippen LogP) is 3.40. The van der Waals surface area contributed by atoms with Crippen molar-refractivity contribution >= 4 is 28.4 Å². The van der Waals surface area contributed by atoms with E-state index >= 15 is 0 Å². The maximum absolute atomic E-state index is 12.9. The second-order valence-corrected chi connectivity index (χ2v) is 6.95. The molecule has 4 rings (SSSR count). The number of hydrogen-bond donors (Lipinski definition) is 1. The first-order valence-electron chi connectivity index (χ1n) is 9.37. The number of aromatic amines is 1. The Hall–Kier alpha value is -3.79. The quantitative estimate of drug-likeness (QED) is 0.425.